The lowest BCUT2D eigenvalue weighted by molar-refractivity contribution is 0.543. The Kier molecular flexibility index (Phi) is 5.19. The van der Waals surface area contributed by atoms with Gasteiger partial charge in [-0.15, -0.1) is 11.3 Å². The second-order valence-corrected chi connectivity index (χ2v) is 6.15. The van der Waals surface area contributed by atoms with Gasteiger partial charge in [0.2, 0.25) is 0 Å². The van der Waals surface area contributed by atoms with Gasteiger partial charge in [0.1, 0.15) is 0 Å². The summed E-state index contributed by atoms with van der Waals surface area (Å²) in [5.74, 6) is 0. The molecule has 1 unspecified atom stereocenters. The lowest BCUT2D eigenvalue weighted by Crippen LogP contribution is -2.25. The van der Waals surface area contributed by atoms with Gasteiger partial charge in [-0.25, -0.2) is 0 Å². The molecule has 2 heterocycles. The number of hydrogen-bond acceptors (Lipinski definition) is 3. The maximum absolute atomic E-state index is 4.44. The van der Waals surface area contributed by atoms with E-state index >= 15 is 0 Å². The summed E-state index contributed by atoms with van der Waals surface area (Å²) in [7, 11) is 0. The first-order chi connectivity index (χ1) is 9.22. The maximum atomic E-state index is 4.44. The lowest BCUT2D eigenvalue weighted by Gasteiger charge is -2.20. The summed E-state index contributed by atoms with van der Waals surface area (Å²) in [5.41, 5.74) is 2.65. The normalized spacial score (nSPS) is 12.8. The number of nitrogens with one attached hydrogen (secondary N) is 1. The molecule has 0 spiro atoms. The Labute approximate surface area is 127 Å². The molecule has 5 heteroatoms. The molecule has 0 radical (unpaired) electrons. The summed E-state index contributed by atoms with van der Waals surface area (Å²) in [5, 5.41) is 10.2. The zero-order valence-electron chi connectivity index (χ0n) is 11.6. The van der Waals surface area contributed by atoms with Crippen LogP contribution in [0.5, 0.6) is 0 Å². The van der Waals surface area contributed by atoms with Gasteiger partial charge in [0.05, 0.1) is 22.4 Å². The van der Waals surface area contributed by atoms with E-state index in [4.69, 9.17) is 0 Å². The van der Waals surface area contributed by atoms with Gasteiger partial charge in [0.25, 0.3) is 0 Å². The number of thiophene rings is 1. The van der Waals surface area contributed by atoms with Crippen LogP contribution in [0.4, 0.5) is 0 Å². The molecule has 0 saturated heterocycles. The van der Waals surface area contributed by atoms with Gasteiger partial charge in [-0.2, -0.15) is 5.10 Å². The van der Waals surface area contributed by atoms with Gasteiger partial charge in [-0.1, -0.05) is 13.8 Å². The van der Waals surface area contributed by atoms with E-state index in [1.165, 1.54) is 16.1 Å². The Balaban J connectivity index is 2.48. The van der Waals surface area contributed by atoms with Crippen molar-refractivity contribution in [3.05, 3.63) is 38.3 Å². The predicted octanol–water partition coefficient (Wildman–Crippen LogP) is 3.99. The summed E-state index contributed by atoms with van der Waals surface area (Å²) in [6, 6.07) is 2.45. The summed E-state index contributed by atoms with van der Waals surface area (Å²) >= 11 is 5.47. The maximum Gasteiger partial charge on any atom is 0.0856 e. The smallest absolute Gasteiger partial charge is 0.0856 e. The van der Waals surface area contributed by atoms with Gasteiger partial charge < -0.3 is 5.32 Å². The van der Waals surface area contributed by atoms with Gasteiger partial charge in [-0.3, -0.25) is 4.68 Å². The SMILES string of the molecule is CCNC(c1sccc1CC)c1c(Br)cnn1CC. The van der Waals surface area contributed by atoms with Crippen molar-refractivity contribution in [2.24, 2.45) is 0 Å². The summed E-state index contributed by atoms with van der Waals surface area (Å²) in [6.45, 7) is 8.30. The molecule has 2 rings (SSSR count). The fourth-order valence-corrected chi connectivity index (χ4v) is 3.92. The average molecular weight is 342 g/mol. The van der Waals surface area contributed by atoms with E-state index < -0.39 is 0 Å². The lowest BCUT2D eigenvalue weighted by atomic mass is 10.1. The first-order valence-corrected chi connectivity index (χ1v) is 8.40. The molecule has 0 saturated carbocycles. The van der Waals surface area contributed by atoms with Gasteiger partial charge >= 0.3 is 0 Å². The van der Waals surface area contributed by atoms with Crippen LogP contribution >= 0.6 is 27.3 Å². The number of rotatable bonds is 6. The zero-order valence-corrected chi connectivity index (χ0v) is 14.0. The Hall–Kier alpha value is -0.650. The van der Waals surface area contributed by atoms with E-state index in [0.29, 0.717) is 0 Å². The third-order valence-electron chi connectivity index (χ3n) is 3.24. The van der Waals surface area contributed by atoms with Crippen molar-refractivity contribution in [3.63, 3.8) is 0 Å². The van der Waals surface area contributed by atoms with Gasteiger partial charge in [0.15, 0.2) is 0 Å². The summed E-state index contributed by atoms with van der Waals surface area (Å²) in [4.78, 5) is 1.40. The Morgan fingerprint density at radius 1 is 1.42 bits per heavy atom. The van der Waals surface area contributed by atoms with Crippen LogP contribution in [0, 0.1) is 0 Å². The second kappa shape index (κ2) is 6.68. The molecule has 0 aromatic carbocycles. The fourth-order valence-electron chi connectivity index (χ4n) is 2.32. The van der Waals surface area contributed by atoms with E-state index in [0.717, 1.165) is 24.0 Å². The van der Waals surface area contributed by atoms with Crippen LogP contribution < -0.4 is 5.32 Å². The van der Waals surface area contributed by atoms with Crippen LogP contribution in [-0.4, -0.2) is 16.3 Å². The van der Waals surface area contributed by atoms with Crippen LogP contribution in [0.3, 0.4) is 0 Å². The Morgan fingerprint density at radius 2 is 2.21 bits per heavy atom. The number of hydrogen-bond donors (Lipinski definition) is 1. The van der Waals surface area contributed by atoms with Crippen LogP contribution in [0.2, 0.25) is 0 Å². The van der Waals surface area contributed by atoms with Crippen LogP contribution in [0.1, 0.15) is 42.9 Å². The standard InChI is InChI=1S/C14H20BrN3S/c1-4-10-7-8-19-14(10)12(16-5-2)13-11(15)9-17-18(13)6-3/h7-9,12,16H,4-6H2,1-3H3. The van der Waals surface area contributed by atoms with E-state index in [2.05, 4.69) is 63.2 Å². The molecule has 0 amide bonds. The van der Waals surface area contributed by atoms with Gasteiger partial charge in [0, 0.05) is 11.4 Å². The molecule has 104 valence electrons. The molecule has 1 N–H and O–H groups in total. The van der Waals surface area contributed by atoms with Gasteiger partial charge in [-0.05, 0) is 52.8 Å². The first-order valence-electron chi connectivity index (χ1n) is 6.73. The Morgan fingerprint density at radius 3 is 2.84 bits per heavy atom. The van der Waals surface area contributed by atoms with Crippen molar-refractivity contribution < 1.29 is 0 Å². The third-order valence-corrected chi connectivity index (χ3v) is 4.87. The van der Waals surface area contributed by atoms with Crippen LogP contribution in [0.15, 0.2) is 22.1 Å². The van der Waals surface area contributed by atoms with E-state index in [1.807, 2.05) is 17.5 Å². The number of aromatic nitrogens is 2. The zero-order chi connectivity index (χ0) is 13.8. The van der Waals surface area contributed by atoms with Crippen LogP contribution in [0.25, 0.3) is 0 Å². The molecule has 1 atom stereocenters. The Bertz CT molecular complexity index is 533. The van der Waals surface area contributed by atoms with Crippen molar-refractivity contribution in [2.45, 2.75) is 39.8 Å². The molecule has 2 aromatic heterocycles. The molecule has 19 heavy (non-hydrogen) atoms. The number of aryl methyl sites for hydroxylation is 2. The number of halogens is 1. The minimum atomic E-state index is 0.219. The molecular weight excluding hydrogens is 322 g/mol. The second-order valence-electron chi connectivity index (χ2n) is 4.35. The van der Waals surface area contributed by atoms with E-state index in [-0.39, 0.29) is 6.04 Å². The third kappa shape index (κ3) is 2.93. The molecule has 0 fully saturated rings. The summed E-state index contributed by atoms with van der Waals surface area (Å²) < 4.78 is 3.15. The molecule has 0 aliphatic carbocycles. The highest BCUT2D eigenvalue weighted by Crippen LogP contribution is 2.33. The van der Waals surface area contributed by atoms with Crippen molar-refractivity contribution in [2.75, 3.05) is 6.54 Å². The minimum Gasteiger partial charge on any atom is -0.305 e. The molecule has 3 nitrogen and oxygen atoms in total. The van der Waals surface area contributed by atoms with Crippen molar-refractivity contribution in [3.8, 4) is 0 Å². The minimum absolute atomic E-state index is 0.219. The highest BCUT2D eigenvalue weighted by Gasteiger charge is 2.23. The van der Waals surface area contributed by atoms with E-state index in [9.17, 15) is 0 Å². The molecule has 0 bridgehead atoms. The van der Waals surface area contributed by atoms with E-state index in [1.54, 1.807) is 0 Å². The van der Waals surface area contributed by atoms with Crippen molar-refractivity contribution in [1.82, 2.24) is 15.1 Å². The first kappa shape index (κ1) is 14.8. The molecule has 0 aliphatic heterocycles. The highest BCUT2D eigenvalue weighted by molar-refractivity contribution is 9.10. The summed E-state index contributed by atoms with van der Waals surface area (Å²) in [6.07, 6.45) is 2.96. The van der Waals surface area contributed by atoms with Crippen molar-refractivity contribution in [1.29, 1.82) is 0 Å². The molecule has 2 aromatic rings. The predicted molar refractivity (Wildman–Crippen MR) is 84.8 cm³/mol. The number of nitrogens with zero attached hydrogens (tertiary/aromatic N) is 2. The largest absolute Gasteiger partial charge is 0.305 e. The average Bonchev–Trinajstić information content (AvgIpc) is 3.02. The molecule has 0 aliphatic rings. The monoisotopic (exact) mass is 341 g/mol. The van der Waals surface area contributed by atoms with Crippen LogP contribution in [-0.2, 0) is 13.0 Å². The quantitative estimate of drug-likeness (QED) is 0.860. The van der Waals surface area contributed by atoms with Crippen molar-refractivity contribution >= 4 is 27.3 Å². The molecular formula is C14H20BrN3S. The topological polar surface area (TPSA) is 29.9 Å². The fraction of sp³-hybridized carbons (Fsp3) is 0.500. The highest BCUT2D eigenvalue weighted by atomic mass is 79.9.